The van der Waals surface area contributed by atoms with Crippen LogP contribution in [0.2, 0.25) is 5.02 Å². The molecule has 0 unspecified atom stereocenters. The Morgan fingerprint density at radius 1 is 1.02 bits per heavy atom. The van der Waals surface area contributed by atoms with Crippen LogP contribution in [-0.2, 0) is 32.0 Å². The van der Waals surface area contributed by atoms with E-state index in [-0.39, 0.29) is 37.6 Å². The minimum Gasteiger partial charge on any atom is -0.494 e. The molecular formula is C28H30ClF2N3O9. The number of carbonyl (C=O) groups excluding carboxylic acids is 2. The van der Waals surface area contributed by atoms with E-state index in [1.807, 2.05) is 0 Å². The van der Waals surface area contributed by atoms with E-state index in [4.69, 9.17) is 30.5 Å². The Labute approximate surface area is 250 Å². The van der Waals surface area contributed by atoms with E-state index in [0.29, 0.717) is 17.2 Å². The maximum atomic E-state index is 14.6. The summed E-state index contributed by atoms with van der Waals surface area (Å²) in [4.78, 5) is 37.7. The van der Waals surface area contributed by atoms with E-state index in [1.165, 1.54) is 13.2 Å². The van der Waals surface area contributed by atoms with Crippen molar-refractivity contribution in [3.8, 4) is 5.75 Å². The van der Waals surface area contributed by atoms with Crippen LogP contribution >= 0.6 is 11.6 Å². The van der Waals surface area contributed by atoms with Crippen LogP contribution in [0.25, 0.3) is 0 Å². The molecule has 15 heteroatoms. The Hall–Kier alpha value is -4.11. The van der Waals surface area contributed by atoms with E-state index in [1.54, 1.807) is 24.3 Å². The second-order valence-corrected chi connectivity index (χ2v) is 9.43. The summed E-state index contributed by atoms with van der Waals surface area (Å²) in [5.74, 6) is -6.41. The number of aromatic nitrogens is 2. The fourth-order valence-corrected chi connectivity index (χ4v) is 4.13. The number of rotatable bonds is 16. The van der Waals surface area contributed by atoms with Crippen LogP contribution in [0.15, 0.2) is 42.5 Å². The van der Waals surface area contributed by atoms with Gasteiger partial charge in [0, 0.05) is 23.8 Å². The Morgan fingerprint density at radius 2 is 1.74 bits per heavy atom. The lowest BCUT2D eigenvalue weighted by molar-refractivity contribution is -0.156. The zero-order chi connectivity index (χ0) is 31.5. The molecule has 3 rings (SSSR count). The lowest BCUT2D eigenvalue weighted by Gasteiger charge is -2.23. The monoisotopic (exact) mass is 625 g/mol. The summed E-state index contributed by atoms with van der Waals surface area (Å²) in [6, 6.07) is 8.54. The number of amides is 1. The topological polar surface area (TPSA) is 158 Å². The minimum atomic E-state index is -1.86. The molecule has 0 radical (unpaired) electrons. The maximum absolute atomic E-state index is 14.6. The molecule has 0 fully saturated rings. The number of aliphatic hydroxyl groups is 1. The molecule has 1 heterocycles. The van der Waals surface area contributed by atoms with Crippen LogP contribution in [0, 0.1) is 11.6 Å². The standard InChI is InChI=1S/C28H30ClF2N3O9/c1-40-9-10-42-11-12-43-28(39)25(35)19(13-16-5-3-4-6-18(16)29)32-26(36)20-14-21(27(37)38)34(33-20)15-17-7-8-22(41-2)24(31)23(17)30/h3-8,14,19,25,35H,9-13,15H2,1-2H3,(H,32,36)(H,37,38)/t19-,25-/m1/s1. The molecule has 1 aromatic heterocycles. The van der Waals surface area contributed by atoms with Gasteiger partial charge in [-0.25, -0.2) is 14.0 Å². The number of carbonyl (C=O) groups is 3. The zero-order valence-electron chi connectivity index (χ0n) is 23.2. The molecule has 12 nitrogen and oxygen atoms in total. The Kier molecular flexibility index (Phi) is 12.4. The zero-order valence-corrected chi connectivity index (χ0v) is 24.0. The van der Waals surface area contributed by atoms with Gasteiger partial charge >= 0.3 is 11.9 Å². The van der Waals surface area contributed by atoms with Gasteiger partial charge in [0.25, 0.3) is 5.91 Å². The number of aliphatic hydroxyl groups excluding tert-OH is 1. The van der Waals surface area contributed by atoms with Crippen LogP contribution in [0.5, 0.6) is 5.75 Å². The summed E-state index contributed by atoms with van der Waals surface area (Å²) in [5, 5.41) is 27.2. The molecule has 1 amide bonds. The number of carboxylic acid groups (broad SMARTS) is 1. The smallest absolute Gasteiger partial charge is 0.354 e. The SMILES string of the molecule is COCCOCCOC(=O)[C@H](O)[C@@H](Cc1ccccc1Cl)NC(=O)c1cc(C(=O)O)n(Cc2ccc(OC)c(F)c2F)n1. The van der Waals surface area contributed by atoms with Gasteiger partial charge in [-0.3, -0.25) is 9.48 Å². The number of nitrogens with one attached hydrogen (secondary N) is 1. The molecule has 0 spiro atoms. The highest BCUT2D eigenvalue weighted by Gasteiger charge is 2.31. The number of hydrogen-bond donors (Lipinski definition) is 3. The second kappa shape index (κ2) is 15.9. The second-order valence-electron chi connectivity index (χ2n) is 9.03. The van der Waals surface area contributed by atoms with Crippen molar-refractivity contribution in [3.63, 3.8) is 0 Å². The van der Waals surface area contributed by atoms with Crippen molar-refractivity contribution in [1.29, 1.82) is 0 Å². The van der Waals surface area contributed by atoms with Gasteiger partial charge in [0.1, 0.15) is 12.3 Å². The molecule has 0 aliphatic heterocycles. The van der Waals surface area contributed by atoms with Crippen molar-refractivity contribution in [2.75, 3.05) is 40.6 Å². The van der Waals surface area contributed by atoms with Gasteiger partial charge in [0.05, 0.1) is 39.5 Å². The molecule has 3 aromatic rings. The third-order valence-electron chi connectivity index (χ3n) is 6.14. The van der Waals surface area contributed by atoms with Crippen LogP contribution in [-0.4, -0.2) is 90.6 Å². The Balaban J connectivity index is 1.82. The van der Waals surface area contributed by atoms with Crippen molar-refractivity contribution in [2.24, 2.45) is 0 Å². The fraction of sp³-hybridized carbons (Fsp3) is 0.357. The molecule has 232 valence electrons. The van der Waals surface area contributed by atoms with E-state index in [2.05, 4.69) is 10.4 Å². The number of halogens is 3. The molecule has 0 saturated heterocycles. The predicted molar refractivity (Wildman–Crippen MR) is 147 cm³/mol. The number of methoxy groups -OCH3 is 2. The van der Waals surface area contributed by atoms with Gasteiger partial charge in [-0.05, 0) is 24.1 Å². The normalized spacial score (nSPS) is 12.4. The predicted octanol–water partition coefficient (Wildman–Crippen LogP) is 2.48. The largest absolute Gasteiger partial charge is 0.494 e. The summed E-state index contributed by atoms with van der Waals surface area (Å²) in [5.41, 5.74) is -0.699. The van der Waals surface area contributed by atoms with Gasteiger partial charge in [-0.2, -0.15) is 9.49 Å². The van der Waals surface area contributed by atoms with Gasteiger partial charge in [-0.1, -0.05) is 35.9 Å². The van der Waals surface area contributed by atoms with Crippen molar-refractivity contribution in [3.05, 3.63) is 81.6 Å². The average molecular weight is 626 g/mol. The third kappa shape index (κ3) is 8.94. The highest BCUT2D eigenvalue weighted by Crippen LogP contribution is 2.24. The molecule has 0 bridgehead atoms. The molecule has 43 heavy (non-hydrogen) atoms. The average Bonchev–Trinajstić information content (AvgIpc) is 3.42. The van der Waals surface area contributed by atoms with Gasteiger partial charge < -0.3 is 34.5 Å². The molecular weight excluding hydrogens is 596 g/mol. The summed E-state index contributed by atoms with van der Waals surface area (Å²) in [6.45, 7) is -0.0641. The molecule has 0 saturated carbocycles. The minimum absolute atomic E-state index is 0.0391. The van der Waals surface area contributed by atoms with E-state index < -0.39 is 59.6 Å². The van der Waals surface area contributed by atoms with E-state index >= 15 is 0 Å². The van der Waals surface area contributed by atoms with E-state index in [9.17, 15) is 33.4 Å². The lowest BCUT2D eigenvalue weighted by atomic mass is 10.0. The van der Waals surface area contributed by atoms with Crippen LogP contribution in [0.4, 0.5) is 8.78 Å². The van der Waals surface area contributed by atoms with Crippen molar-refractivity contribution in [1.82, 2.24) is 15.1 Å². The van der Waals surface area contributed by atoms with Crippen molar-refractivity contribution < 1.29 is 52.3 Å². The lowest BCUT2D eigenvalue weighted by Crippen LogP contribution is -2.49. The Bertz CT molecular complexity index is 1440. The highest BCUT2D eigenvalue weighted by molar-refractivity contribution is 6.31. The first-order valence-corrected chi connectivity index (χ1v) is 13.2. The van der Waals surface area contributed by atoms with Crippen molar-refractivity contribution >= 4 is 29.4 Å². The summed E-state index contributed by atoms with van der Waals surface area (Å²) < 4.78 is 49.4. The number of benzene rings is 2. The number of nitrogens with zero attached hydrogens (tertiary/aromatic N) is 2. The maximum Gasteiger partial charge on any atom is 0.354 e. The quantitative estimate of drug-likeness (QED) is 0.159. The van der Waals surface area contributed by atoms with Crippen LogP contribution in [0.1, 0.15) is 32.1 Å². The van der Waals surface area contributed by atoms with Crippen LogP contribution in [0.3, 0.4) is 0 Å². The third-order valence-corrected chi connectivity index (χ3v) is 6.51. The Morgan fingerprint density at radius 3 is 2.42 bits per heavy atom. The van der Waals surface area contributed by atoms with E-state index in [0.717, 1.165) is 23.9 Å². The molecule has 2 aromatic carbocycles. The summed E-state index contributed by atoms with van der Waals surface area (Å²) in [6.07, 6.45) is -1.98. The number of esters is 1. The van der Waals surface area contributed by atoms with Gasteiger partial charge in [0.15, 0.2) is 23.4 Å². The molecule has 0 aliphatic carbocycles. The number of aromatic carboxylic acids is 1. The first-order chi connectivity index (χ1) is 20.6. The first kappa shape index (κ1) is 33.4. The molecule has 3 N–H and O–H groups in total. The summed E-state index contributed by atoms with van der Waals surface area (Å²) >= 11 is 6.25. The fourth-order valence-electron chi connectivity index (χ4n) is 3.91. The van der Waals surface area contributed by atoms with Gasteiger partial charge in [-0.15, -0.1) is 0 Å². The van der Waals surface area contributed by atoms with Crippen molar-refractivity contribution in [2.45, 2.75) is 25.1 Å². The number of ether oxygens (including phenoxy) is 4. The number of carboxylic acids is 1. The highest BCUT2D eigenvalue weighted by atomic mass is 35.5. The van der Waals surface area contributed by atoms with Crippen LogP contribution < -0.4 is 10.1 Å². The summed E-state index contributed by atoms with van der Waals surface area (Å²) in [7, 11) is 2.66. The molecule has 0 aliphatic rings. The van der Waals surface area contributed by atoms with Gasteiger partial charge in [0.2, 0.25) is 5.82 Å². The molecule has 2 atom stereocenters. The first-order valence-electron chi connectivity index (χ1n) is 12.8. The number of hydrogen-bond acceptors (Lipinski definition) is 9.